The van der Waals surface area contributed by atoms with Crippen LogP contribution < -0.4 is 10.1 Å². The number of nitrogens with zero attached hydrogens (tertiary/aromatic N) is 1. The van der Waals surface area contributed by atoms with Gasteiger partial charge in [-0.1, -0.05) is 6.92 Å². The average Bonchev–Trinajstić information content (AvgIpc) is 2.43. The largest absolute Gasteiger partial charge is 0.496 e. The lowest BCUT2D eigenvalue weighted by atomic mass is 10.2. The van der Waals surface area contributed by atoms with Gasteiger partial charge in [0.25, 0.3) is 0 Å². The number of anilines is 1. The number of methoxy groups -OCH3 is 1. The van der Waals surface area contributed by atoms with Crippen molar-refractivity contribution in [3.05, 3.63) is 23.8 Å². The minimum absolute atomic E-state index is 0.152. The number of carboxylic acid groups (broad SMARTS) is 1. The van der Waals surface area contributed by atoms with Crippen LogP contribution in [-0.2, 0) is 4.79 Å². The Balaban J connectivity index is 2.85. The highest BCUT2D eigenvalue weighted by atomic mass is 16.5. The zero-order valence-corrected chi connectivity index (χ0v) is 12.8. The van der Waals surface area contributed by atoms with Gasteiger partial charge in [0, 0.05) is 11.7 Å². The second-order valence-corrected chi connectivity index (χ2v) is 4.89. The second-order valence-electron chi connectivity index (χ2n) is 4.89. The Morgan fingerprint density at radius 1 is 1.43 bits per heavy atom. The quantitative estimate of drug-likeness (QED) is 0.845. The first-order valence-electron chi connectivity index (χ1n) is 6.83. The van der Waals surface area contributed by atoms with Crippen molar-refractivity contribution in [2.75, 3.05) is 19.0 Å². The predicted molar refractivity (Wildman–Crippen MR) is 80.8 cm³/mol. The van der Waals surface area contributed by atoms with Gasteiger partial charge < -0.3 is 20.1 Å². The number of carboxylic acids is 1. The number of amides is 2. The summed E-state index contributed by atoms with van der Waals surface area (Å²) in [4.78, 5) is 24.4. The van der Waals surface area contributed by atoms with E-state index in [4.69, 9.17) is 9.84 Å². The summed E-state index contributed by atoms with van der Waals surface area (Å²) in [5.74, 6) is -0.298. The van der Waals surface area contributed by atoms with Gasteiger partial charge in [-0.2, -0.15) is 0 Å². The highest BCUT2D eigenvalue weighted by Gasteiger charge is 2.21. The van der Waals surface area contributed by atoms with Gasteiger partial charge in [-0.15, -0.1) is 0 Å². The first-order valence-corrected chi connectivity index (χ1v) is 6.83. The fraction of sp³-hybridized carbons (Fsp3) is 0.467. The number of hydrogen-bond donors (Lipinski definition) is 2. The normalized spacial score (nSPS) is 11.6. The number of rotatable bonds is 6. The summed E-state index contributed by atoms with van der Waals surface area (Å²) in [5.41, 5.74) is 1.50. The third-order valence-electron chi connectivity index (χ3n) is 3.34. The molecule has 0 aromatic heterocycles. The van der Waals surface area contributed by atoms with E-state index in [1.165, 1.54) is 4.90 Å². The number of ether oxygens (including phenoxy) is 1. The molecule has 0 saturated heterocycles. The summed E-state index contributed by atoms with van der Waals surface area (Å²) in [6.07, 6.45) is 0.683. The molecule has 0 radical (unpaired) electrons. The Hall–Kier alpha value is -2.24. The van der Waals surface area contributed by atoms with Crippen LogP contribution in [0, 0.1) is 6.92 Å². The molecule has 1 aromatic carbocycles. The van der Waals surface area contributed by atoms with Crippen LogP contribution in [0.25, 0.3) is 0 Å². The summed E-state index contributed by atoms with van der Waals surface area (Å²) in [6, 6.07) is 4.69. The molecule has 0 aliphatic heterocycles. The Morgan fingerprint density at radius 2 is 2.10 bits per heavy atom. The molecular formula is C15H22N2O4. The van der Waals surface area contributed by atoms with E-state index in [1.807, 2.05) is 20.8 Å². The number of carbonyl (C=O) groups is 2. The van der Waals surface area contributed by atoms with Gasteiger partial charge in [0.2, 0.25) is 0 Å². The minimum atomic E-state index is -1.03. The van der Waals surface area contributed by atoms with Crippen LogP contribution in [0.1, 0.15) is 25.8 Å². The molecule has 1 atom stereocenters. The molecule has 1 unspecified atom stereocenters. The Morgan fingerprint density at radius 3 is 2.57 bits per heavy atom. The van der Waals surface area contributed by atoms with Crippen molar-refractivity contribution in [3.63, 3.8) is 0 Å². The van der Waals surface area contributed by atoms with Crippen LogP contribution in [0.5, 0.6) is 5.75 Å². The van der Waals surface area contributed by atoms with E-state index < -0.39 is 12.0 Å². The van der Waals surface area contributed by atoms with Gasteiger partial charge in [-0.3, -0.25) is 4.79 Å². The fourth-order valence-electron chi connectivity index (χ4n) is 1.95. The summed E-state index contributed by atoms with van der Waals surface area (Å²) in [6.45, 7) is 5.28. The molecule has 1 aromatic rings. The lowest BCUT2D eigenvalue weighted by molar-refractivity contribution is -0.138. The highest BCUT2D eigenvalue weighted by Crippen LogP contribution is 2.21. The molecule has 2 amide bonds. The number of carbonyl (C=O) groups excluding carboxylic acids is 1. The van der Waals surface area contributed by atoms with Crippen LogP contribution in [0.4, 0.5) is 10.5 Å². The molecular weight excluding hydrogens is 272 g/mol. The lowest BCUT2D eigenvalue weighted by Crippen LogP contribution is -2.44. The number of aliphatic carboxylic acids is 1. The maximum Gasteiger partial charge on any atom is 0.323 e. The van der Waals surface area contributed by atoms with Crippen LogP contribution in [0.2, 0.25) is 0 Å². The van der Waals surface area contributed by atoms with E-state index in [0.717, 1.165) is 11.3 Å². The number of nitrogens with one attached hydrogen (secondary N) is 1. The fourth-order valence-corrected chi connectivity index (χ4v) is 1.95. The third kappa shape index (κ3) is 4.66. The SMILES string of the molecule is CCC(C)N(CC(=O)O)C(=O)Nc1ccc(OC)c(C)c1. The molecule has 6 heteroatoms. The molecule has 0 fully saturated rings. The van der Waals surface area contributed by atoms with E-state index in [2.05, 4.69) is 5.32 Å². The topological polar surface area (TPSA) is 78.9 Å². The van der Waals surface area contributed by atoms with E-state index in [0.29, 0.717) is 12.1 Å². The van der Waals surface area contributed by atoms with Gasteiger partial charge in [-0.25, -0.2) is 4.79 Å². The van der Waals surface area contributed by atoms with E-state index in [-0.39, 0.29) is 12.6 Å². The zero-order valence-electron chi connectivity index (χ0n) is 12.8. The van der Waals surface area contributed by atoms with E-state index in [1.54, 1.807) is 25.3 Å². The van der Waals surface area contributed by atoms with Gasteiger partial charge in [0.1, 0.15) is 12.3 Å². The molecule has 21 heavy (non-hydrogen) atoms. The molecule has 0 heterocycles. The Kier molecular flexibility index (Phi) is 6.02. The number of aryl methyl sites for hydroxylation is 1. The van der Waals surface area contributed by atoms with Crippen molar-refractivity contribution < 1.29 is 19.4 Å². The average molecular weight is 294 g/mol. The molecule has 0 saturated carbocycles. The molecule has 0 aliphatic rings. The summed E-state index contributed by atoms with van der Waals surface area (Å²) in [5, 5.41) is 11.6. The summed E-state index contributed by atoms with van der Waals surface area (Å²) in [7, 11) is 1.58. The van der Waals surface area contributed by atoms with Crippen LogP contribution in [-0.4, -0.2) is 41.7 Å². The molecule has 0 bridgehead atoms. The smallest absolute Gasteiger partial charge is 0.323 e. The van der Waals surface area contributed by atoms with E-state index >= 15 is 0 Å². The lowest BCUT2D eigenvalue weighted by Gasteiger charge is -2.27. The number of benzene rings is 1. The maximum atomic E-state index is 12.2. The first-order chi connectivity index (χ1) is 9.88. The van der Waals surface area contributed by atoms with Gasteiger partial charge in [0.15, 0.2) is 0 Å². The number of urea groups is 1. The molecule has 0 aliphatic carbocycles. The second kappa shape index (κ2) is 7.52. The predicted octanol–water partition coefficient (Wildman–Crippen LogP) is 2.72. The standard InChI is InChI=1S/C15H22N2O4/c1-5-11(3)17(9-14(18)19)15(20)16-12-6-7-13(21-4)10(2)8-12/h6-8,11H,5,9H2,1-4H3,(H,16,20)(H,18,19). The number of hydrogen-bond acceptors (Lipinski definition) is 3. The van der Waals surface area contributed by atoms with Crippen molar-refractivity contribution in [3.8, 4) is 5.75 Å². The van der Waals surface area contributed by atoms with Crippen LogP contribution in [0.15, 0.2) is 18.2 Å². The molecule has 2 N–H and O–H groups in total. The third-order valence-corrected chi connectivity index (χ3v) is 3.34. The van der Waals surface area contributed by atoms with Crippen molar-refractivity contribution in [2.24, 2.45) is 0 Å². The molecule has 1 rings (SSSR count). The van der Waals surface area contributed by atoms with Crippen molar-refractivity contribution >= 4 is 17.7 Å². The van der Waals surface area contributed by atoms with Crippen LogP contribution >= 0.6 is 0 Å². The van der Waals surface area contributed by atoms with Gasteiger partial charge >= 0.3 is 12.0 Å². The van der Waals surface area contributed by atoms with E-state index in [9.17, 15) is 9.59 Å². The maximum absolute atomic E-state index is 12.2. The highest BCUT2D eigenvalue weighted by molar-refractivity contribution is 5.91. The first kappa shape index (κ1) is 16.8. The minimum Gasteiger partial charge on any atom is -0.496 e. The zero-order chi connectivity index (χ0) is 16.0. The van der Waals surface area contributed by atoms with Gasteiger partial charge in [0.05, 0.1) is 7.11 Å². The molecule has 116 valence electrons. The summed E-state index contributed by atoms with van der Waals surface area (Å²) >= 11 is 0. The van der Waals surface area contributed by atoms with Crippen LogP contribution in [0.3, 0.4) is 0 Å². The summed E-state index contributed by atoms with van der Waals surface area (Å²) < 4.78 is 5.16. The van der Waals surface area contributed by atoms with Crippen molar-refractivity contribution in [1.82, 2.24) is 4.90 Å². The monoisotopic (exact) mass is 294 g/mol. The van der Waals surface area contributed by atoms with Crippen molar-refractivity contribution in [1.29, 1.82) is 0 Å². The van der Waals surface area contributed by atoms with Gasteiger partial charge in [-0.05, 0) is 44.0 Å². The Labute approximate surface area is 124 Å². The molecule has 6 nitrogen and oxygen atoms in total. The Bertz CT molecular complexity index is 516. The van der Waals surface area contributed by atoms with Crippen molar-refractivity contribution in [2.45, 2.75) is 33.2 Å². The molecule has 0 spiro atoms.